The summed E-state index contributed by atoms with van der Waals surface area (Å²) < 4.78 is 37.5. The summed E-state index contributed by atoms with van der Waals surface area (Å²) in [6.07, 6.45) is -3.43. The Morgan fingerprint density at radius 2 is 2.05 bits per heavy atom. The zero-order valence-electron chi connectivity index (χ0n) is 12.0. The van der Waals surface area contributed by atoms with Crippen LogP contribution in [0.5, 0.6) is 0 Å². The van der Waals surface area contributed by atoms with Crippen LogP contribution in [0.2, 0.25) is 0 Å². The molecule has 0 radical (unpaired) electrons. The first-order valence-corrected chi connectivity index (χ1v) is 7.70. The van der Waals surface area contributed by atoms with E-state index in [9.17, 15) is 18.0 Å². The molecule has 21 heavy (non-hydrogen) atoms. The Kier molecular flexibility index (Phi) is 6.39. The van der Waals surface area contributed by atoms with E-state index in [1.165, 1.54) is 17.8 Å². The van der Waals surface area contributed by atoms with Gasteiger partial charge in [0.1, 0.15) is 0 Å². The highest BCUT2D eigenvalue weighted by Gasteiger charge is 2.30. The van der Waals surface area contributed by atoms with Crippen LogP contribution in [0.4, 0.5) is 24.5 Å². The van der Waals surface area contributed by atoms with E-state index in [1.54, 1.807) is 0 Å². The van der Waals surface area contributed by atoms with Crippen LogP contribution in [0, 0.1) is 5.92 Å². The fourth-order valence-corrected chi connectivity index (χ4v) is 2.56. The number of benzene rings is 1. The summed E-state index contributed by atoms with van der Waals surface area (Å²) in [5.74, 6) is 1.43. The minimum Gasteiger partial charge on any atom is -0.397 e. The SMILES string of the molecule is CC(C)CCSCC(=O)Nc1ccc(C(F)(F)F)cc1N. The molecule has 7 heteroatoms. The average Bonchev–Trinajstić information content (AvgIpc) is 2.35. The maximum atomic E-state index is 12.5. The third-order valence-corrected chi connectivity index (χ3v) is 3.72. The summed E-state index contributed by atoms with van der Waals surface area (Å²) in [5.41, 5.74) is 4.82. The summed E-state index contributed by atoms with van der Waals surface area (Å²) in [6.45, 7) is 4.20. The van der Waals surface area contributed by atoms with E-state index in [0.717, 1.165) is 24.3 Å². The van der Waals surface area contributed by atoms with Gasteiger partial charge in [-0.3, -0.25) is 4.79 Å². The van der Waals surface area contributed by atoms with Crippen LogP contribution in [0.15, 0.2) is 18.2 Å². The second-order valence-electron chi connectivity index (χ2n) is 5.08. The zero-order valence-corrected chi connectivity index (χ0v) is 12.8. The number of halogens is 3. The lowest BCUT2D eigenvalue weighted by atomic mass is 10.1. The Morgan fingerprint density at radius 1 is 1.38 bits per heavy atom. The lowest BCUT2D eigenvalue weighted by Gasteiger charge is -2.12. The van der Waals surface area contributed by atoms with Crippen molar-refractivity contribution in [1.82, 2.24) is 0 Å². The molecule has 0 aromatic heterocycles. The molecule has 1 aromatic rings. The number of nitrogens with two attached hydrogens (primary N) is 1. The van der Waals surface area contributed by atoms with Crippen molar-refractivity contribution in [2.24, 2.45) is 5.92 Å². The molecule has 118 valence electrons. The molecule has 1 rings (SSSR count). The molecule has 3 nitrogen and oxygen atoms in total. The molecule has 0 saturated heterocycles. The molecule has 0 atom stereocenters. The molecule has 1 aromatic carbocycles. The Balaban J connectivity index is 2.53. The minimum atomic E-state index is -4.44. The summed E-state index contributed by atoms with van der Waals surface area (Å²) in [6, 6.07) is 2.90. The molecular weight excluding hydrogens is 301 g/mol. The van der Waals surface area contributed by atoms with Gasteiger partial charge in [-0.15, -0.1) is 0 Å². The summed E-state index contributed by atoms with van der Waals surface area (Å²) >= 11 is 1.49. The third-order valence-electron chi connectivity index (χ3n) is 2.73. The Labute approximate surface area is 126 Å². The van der Waals surface area contributed by atoms with Crippen molar-refractivity contribution in [2.45, 2.75) is 26.4 Å². The maximum absolute atomic E-state index is 12.5. The number of thioether (sulfide) groups is 1. The first-order valence-electron chi connectivity index (χ1n) is 6.54. The zero-order chi connectivity index (χ0) is 16.0. The fourth-order valence-electron chi connectivity index (χ4n) is 1.52. The number of carbonyl (C=O) groups is 1. The van der Waals surface area contributed by atoms with Crippen molar-refractivity contribution in [3.8, 4) is 0 Å². The monoisotopic (exact) mass is 320 g/mol. The van der Waals surface area contributed by atoms with Crippen LogP contribution in [-0.2, 0) is 11.0 Å². The molecule has 0 spiro atoms. The molecular formula is C14H19F3N2OS. The number of hydrogen-bond acceptors (Lipinski definition) is 3. The van der Waals surface area contributed by atoms with Crippen LogP contribution < -0.4 is 11.1 Å². The van der Waals surface area contributed by atoms with E-state index in [2.05, 4.69) is 19.2 Å². The molecule has 1 amide bonds. The van der Waals surface area contributed by atoms with E-state index in [1.807, 2.05) is 0 Å². The van der Waals surface area contributed by atoms with Crippen LogP contribution in [0.25, 0.3) is 0 Å². The van der Waals surface area contributed by atoms with Gasteiger partial charge in [0.15, 0.2) is 0 Å². The number of anilines is 2. The Bertz CT molecular complexity index is 490. The lowest BCUT2D eigenvalue weighted by Crippen LogP contribution is -2.16. The second kappa shape index (κ2) is 7.59. The van der Waals surface area contributed by atoms with E-state index < -0.39 is 11.7 Å². The number of alkyl halides is 3. The third kappa shape index (κ3) is 6.29. The van der Waals surface area contributed by atoms with Gasteiger partial charge in [-0.05, 0) is 36.3 Å². The predicted molar refractivity (Wildman–Crippen MR) is 81.3 cm³/mol. The van der Waals surface area contributed by atoms with Crippen LogP contribution in [0.1, 0.15) is 25.8 Å². The molecule has 0 aliphatic rings. The molecule has 0 fully saturated rings. The van der Waals surface area contributed by atoms with E-state index in [-0.39, 0.29) is 23.0 Å². The van der Waals surface area contributed by atoms with E-state index in [4.69, 9.17) is 5.73 Å². The van der Waals surface area contributed by atoms with Gasteiger partial charge in [0, 0.05) is 0 Å². The normalized spacial score (nSPS) is 11.7. The number of nitrogen functional groups attached to an aromatic ring is 1. The molecule has 3 N–H and O–H groups in total. The first kappa shape index (κ1) is 17.7. The Hall–Kier alpha value is -1.37. The van der Waals surface area contributed by atoms with Crippen molar-refractivity contribution in [3.05, 3.63) is 23.8 Å². The van der Waals surface area contributed by atoms with Crippen molar-refractivity contribution in [1.29, 1.82) is 0 Å². The van der Waals surface area contributed by atoms with Gasteiger partial charge in [0.05, 0.1) is 22.7 Å². The Morgan fingerprint density at radius 3 is 2.57 bits per heavy atom. The summed E-state index contributed by atoms with van der Waals surface area (Å²) in [4.78, 5) is 11.7. The second-order valence-corrected chi connectivity index (χ2v) is 6.19. The van der Waals surface area contributed by atoms with Crippen LogP contribution in [-0.4, -0.2) is 17.4 Å². The van der Waals surface area contributed by atoms with E-state index in [0.29, 0.717) is 5.92 Å². The highest BCUT2D eigenvalue weighted by Crippen LogP contribution is 2.32. The summed E-state index contributed by atoms with van der Waals surface area (Å²) in [5, 5.41) is 2.52. The largest absolute Gasteiger partial charge is 0.416 e. The number of carbonyl (C=O) groups excluding carboxylic acids is 1. The number of amides is 1. The van der Waals surface area contributed by atoms with Gasteiger partial charge in [-0.25, -0.2) is 0 Å². The smallest absolute Gasteiger partial charge is 0.397 e. The van der Waals surface area contributed by atoms with Crippen LogP contribution >= 0.6 is 11.8 Å². The topological polar surface area (TPSA) is 55.1 Å². The van der Waals surface area contributed by atoms with Gasteiger partial charge < -0.3 is 11.1 Å². The lowest BCUT2D eigenvalue weighted by molar-refractivity contribution is -0.137. The van der Waals surface area contributed by atoms with Crippen LogP contribution in [0.3, 0.4) is 0 Å². The van der Waals surface area contributed by atoms with E-state index >= 15 is 0 Å². The van der Waals surface area contributed by atoms with Crippen molar-refractivity contribution in [3.63, 3.8) is 0 Å². The van der Waals surface area contributed by atoms with Crippen molar-refractivity contribution < 1.29 is 18.0 Å². The molecule has 0 unspecified atom stereocenters. The molecule has 0 saturated carbocycles. The quantitative estimate of drug-likeness (QED) is 0.615. The molecule has 0 heterocycles. The van der Waals surface area contributed by atoms with Gasteiger partial charge in [0.2, 0.25) is 5.91 Å². The molecule has 0 bridgehead atoms. The summed E-state index contributed by atoms with van der Waals surface area (Å²) in [7, 11) is 0. The first-order chi connectivity index (χ1) is 9.70. The highest BCUT2D eigenvalue weighted by atomic mass is 32.2. The van der Waals surface area contributed by atoms with Gasteiger partial charge in [0.25, 0.3) is 0 Å². The number of nitrogens with one attached hydrogen (secondary N) is 1. The standard InChI is InChI=1S/C14H19F3N2OS/c1-9(2)5-6-21-8-13(20)19-12-4-3-10(7-11(12)18)14(15,16)17/h3-4,7,9H,5-6,8,18H2,1-2H3,(H,19,20). The molecule has 0 aliphatic carbocycles. The predicted octanol–water partition coefficient (Wildman–Crippen LogP) is 4.01. The van der Waals surface area contributed by atoms with Gasteiger partial charge in [-0.2, -0.15) is 24.9 Å². The van der Waals surface area contributed by atoms with Crippen molar-refractivity contribution >= 4 is 29.0 Å². The van der Waals surface area contributed by atoms with Gasteiger partial charge >= 0.3 is 6.18 Å². The molecule has 0 aliphatic heterocycles. The number of rotatable bonds is 6. The highest BCUT2D eigenvalue weighted by molar-refractivity contribution is 7.99. The maximum Gasteiger partial charge on any atom is 0.416 e. The van der Waals surface area contributed by atoms with Crippen molar-refractivity contribution in [2.75, 3.05) is 22.6 Å². The number of hydrogen-bond donors (Lipinski definition) is 2. The van der Waals surface area contributed by atoms with Gasteiger partial charge in [-0.1, -0.05) is 13.8 Å². The minimum absolute atomic E-state index is 0.0923. The average molecular weight is 320 g/mol. The fraction of sp³-hybridized carbons (Fsp3) is 0.500.